The van der Waals surface area contributed by atoms with E-state index < -0.39 is 0 Å². The number of phenols is 1. The molecule has 0 aliphatic heterocycles. The van der Waals surface area contributed by atoms with Crippen LogP contribution in [0.1, 0.15) is 0 Å². The first-order valence-electron chi connectivity index (χ1n) is 6.18. The topological polar surface area (TPSA) is 51.5 Å². The van der Waals surface area contributed by atoms with Crippen LogP contribution < -0.4 is 10.3 Å². The van der Waals surface area contributed by atoms with Crippen molar-refractivity contribution in [1.82, 2.24) is 4.57 Å². The molecule has 1 N–H and O–H groups in total. The van der Waals surface area contributed by atoms with E-state index in [2.05, 4.69) is 0 Å². The number of phenolic OH excluding ortho intramolecular Hbond substituents is 1. The number of methoxy groups -OCH3 is 1. The van der Waals surface area contributed by atoms with Gasteiger partial charge in [0.05, 0.1) is 7.11 Å². The van der Waals surface area contributed by atoms with E-state index in [0.29, 0.717) is 5.39 Å². The lowest BCUT2D eigenvalue weighted by Crippen LogP contribution is -2.17. The van der Waals surface area contributed by atoms with Gasteiger partial charge in [-0.25, -0.2) is 0 Å². The van der Waals surface area contributed by atoms with Gasteiger partial charge >= 0.3 is 0 Å². The molecule has 0 fully saturated rings. The van der Waals surface area contributed by atoms with Crippen molar-refractivity contribution in [1.29, 1.82) is 0 Å². The Hall–Kier alpha value is -2.75. The minimum Gasteiger partial charge on any atom is -0.508 e. The Balaban J connectivity index is 2.18. The molecule has 0 unspecified atom stereocenters. The highest BCUT2D eigenvalue weighted by Crippen LogP contribution is 2.19. The highest BCUT2D eigenvalue weighted by Gasteiger charge is 2.05. The molecular formula is C16H13NO3. The number of pyridine rings is 1. The lowest BCUT2D eigenvalue weighted by Gasteiger charge is -2.08. The van der Waals surface area contributed by atoms with Crippen LogP contribution in [0.25, 0.3) is 16.5 Å². The van der Waals surface area contributed by atoms with E-state index in [1.165, 1.54) is 6.07 Å². The van der Waals surface area contributed by atoms with E-state index in [1.54, 1.807) is 36.1 Å². The predicted octanol–water partition coefficient (Wildman–Crippen LogP) is 2.70. The quantitative estimate of drug-likeness (QED) is 0.776. The van der Waals surface area contributed by atoms with Gasteiger partial charge in [-0.2, -0.15) is 0 Å². The molecule has 3 aromatic rings. The van der Waals surface area contributed by atoms with Crippen LogP contribution in [0.3, 0.4) is 0 Å². The molecule has 0 amide bonds. The number of rotatable bonds is 2. The van der Waals surface area contributed by atoms with Crippen molar-refractivity contribution in [3.05, 3.63) is 65.1 Å². The number of hydrogen-bond acceptors (Lipinski definition) is 3. The molecule has 0 spiro atoms. The van der Waals surface area contributed by atoms with E-state index in [1.807, 2.05) is 24.3 Å². The standard InChI is InChI=1S/C16H13NO3/c1-20-14-5-2-12(3-6-14)17-9-8-11-10-13(18)4-7-15(11)16(17)19/h2-10,18H,1H3. The van der Waals surface area contributed by atoms with Gasteiger partial charge in [0, 0.05) is 17.3 Å². The molecule has 0 saturated carbocycles. The number of aromatic hydroxyl groups is 1. The molecule has 2 aromatic carbocycles. The van der Waals surface area contributed by atoms with Gasteiger partial charge in [0.15, 0.2) is 0 Å². The molecule has 0 saturated heterocycles. The van der Waals surface area contributed by atoms with Crippen molar-refractivity contribution in [2.24, 2.45) is 0 Å². The Morgan fingerprint density at radius 2 is 1.80 bits per heavy atom. The summed E-state index contributed by atoms with van der Waals surface area (Å²) in [5, 5.41) is 10.7. The van der Waals surface area contributed by atoms with Crippen molar-refractivity contribution in [2.45, 2.75) is 0 Å². The summed E-state index contributed by atoms with van der Waals surface area (Å²) in [5.41, 5.74) is 0.651. The molecule has 0 bridgehead atoms. The van der Waals surface area contributed by atoms with Gasteiger partial charge in [-0.3, -0.25) is 9.36 Å². The summed E-state index contributed by atoms with van der Waals surface area (Å²) in [5.74, 6) is 0.895. The fraction of sp³-hybridized carbons (Fsp3) is 0.0625. The Morgan fingerprint density at radius 1 is 1.05 bits per heavy atom. The van der Waals surface area contributed by atoms with Crippen LogP contribution in [0, 0.1) is 0 Å². The van der Waals surface area contributed by atoms with Crippen LogP contribution in [-0.2, 0) is 0 Å². The minimum atomic E-state index is -0.118. The Morgan fingerprint density at radius 3 is 2.50 bits per heavy atom. The number of hydrogen-bond donors (Lipinski definition) is 1. The van der Waals surface area contributed by atoms with E-state index in [9.17, 15) is 9.90 Å². The summed E-state index contributed by atoms with van der Waals surface area (Å²) >= 11 is 0. The van der Waals surface area contributed by atoms with Gasteiger partial charge in [-0.05, 0) is 53.9 Å². The minimum absolute atomic E-state index is 0.118. The number of nitrogens with zero attached hydrogens (tertiary/aromatic N) is 1. The molecule has 1 heterocycles. The molecule has 1 aromatic heterocycles. The zero-order valence-corrected chi connectivity index (χ0v) is 10.9. The molecule has 100 valence electrons. The Bertz CT molecular complexity index is 819. The number of aromatic nitrogens is 1. The van der Waals surface area contributed by atoms with Gasteiger partial charge in [0.1, 0.15) is 11.5 Å². The van der Waals surface area contributed by atoms with Gasteiger partial charge in [-0.15, -0.1) is 0 Å². The largest absolute Gasteiger partial charge is 0.508 e. The van der Waals surface area contributed by atoms with Crippen LogP contribution in [0.2, 0.25) is 0 Å². The molecule has 0 aliphatic carbocycles. The molecule has 3 rings (SSSR count). The van der Waals surface area contributed by atoms with E-state index in [0.717, 1.165) is 16.8 Å². The first kappa shape index (κ1) is 12.3. The van der Waals surface area contributed by atoms with E-state index in [-0.39, 0.29) is 11.3 Å². The van der Waals surface area contributed by atoms with E-state index in [4.69, 9.17) is 4.74 Å². The molecule has 4 nitrogen and oxygen atoms in total. The van der Waals surface area contributed by atoms with Crippen molar-refractivity contribution in [2.75, 3.05) is 7.11 Å². The summed E-state index contributed by atoms with van der Waals surface area (Å²) < 4.78 is 6.67. The third-order valence-corrected chi connectivity index (χ3v) is 3.24. The normalized spacial score (nSPS) is 10.7. The van der Waals surface area contributed by atoms with Crippen molar-refractivity contribution in [3.8, 4) is 17.2 Å². The van der Waals surface area contributed by atoms with Crippen LogP contribution in [0.4, 0.5) is 0 Å². The van der Waals surface area contributed by atoms with Crippen LogP contribution in [0.5, 0.6) is 11.5 Å². The fourth-order valence-corrected chi connectivity index (χ4v) is 2.18. The summed E-state index contributed by atoms with van der Waals surface area (Å²) in [6.07, 6.45) is 1.70. The van der Waals surface area contributed by atoms with Crippen molar-refractivity contribution < 1.29 is 9.84 Å². The van der Waals surface area contributed by atoms with Gasteiger partial charge in [-0.1, -0.05) is 0 Å². The summed E-state index contributed by atoms with van der Waals surface area (Å²) in [6, 6.07) is 13.8. The summed E-state index contributed by atoms with van der Waals surface area (Å²) in [6.45, 7) is 0. The first-order chi connectivity index (χ1) is 9.69. The lowest BCUT2D eigenvalue weighted by atomic mass is 10.1. The average molecular weight is 267 g/mol. The number of benzene rings is 2. The monoisotopic (exact) mass is 267 g/mol. The number of ether oxygens (including phenoxy) is 1. The lowest BCUT2D eigenvalue weighted by molar-refractivity contribution is 0.414. The van der Waals surface area contributed by atoms with Crippen molar-refractivity contribution >= 4 is 10.8 Å². The second-order valence-electron chi connectivity index (χ2n) is 4.46. The third kappa shape index (κ3) is 2.01. The smallest absolute Gasteiger partial charge is 0.262 e. The zero-order chi connectivity index (χ0) is 14.1. The van der Waals surface area contributed by atoms with E-state index >= 15 is 0 Å². The van der Waals surface area contributed by atoms with Gasteiger partial charge in [0.25, 0.3) is 5.56 Å². The molecule has 0 radical (unpaired) electrons. The Labute approximate surface area is 115 Å². The zero-order valence-electron chi connectivity index (χ0n) is 10.9. The van der Waals surface area contributed by atoms with Crippen molar-refractivity contribution in [3.63, 3.8) is 0 Å². The third-order valence-electron chi connectivity index (χ3n) is 3.24. The predicted molar refractivity (Wildman–Crippen MR) is 77.8 cm³/mol. The highest BCUT2D eigenvalue weighted by molar-refractivity contribution is 5.83. The van der Waals surface area contributed by atoms with Crippen LogP contribution in [0.15, 0.2) is 59.5 Å². The Kier molecular flexibility index (Phi) is 2.91. The van der Waals surface area contributed by atoms with Gasteiger partial charge < -0.3 is 9.84 Å². The van der Waals surface area contributed by atoms with Gasteiger partial charge in [0.2, 0.25) is 0 Å². The molecule has 4 heteroatoms. The molecule has 0 aliphatic rings. The summed E-state index contributed by atoms with van der Waals surface area (Å²) in [4.78, 5) is 12.4. The first-order valence-corrected chi connectivity index (χ1v) is 6.18. The second-order valence-corrected chi connectivity index (χ2v) is 4.46. The SMILES string of the molecule is COc1ccc(-n2ccc3cc(O)ccc3c2=O)cc1. The van der Waals surface area contributed by atoms with Crippen LogP contribution >= 0.6 is 0 Å². The maximum Gasteiger partial charge on any atom is 0.262 e. The molecule has 20 heavy (non-hydrogen) atoms. The average Bonchev–Trinajstić information content (AvgIpc) is 2.48. The summed E-state index contributed by atoms with van der Waals surface area (Å²) in [7, 11) is 1.60. The second kappa shape index (κ2) is 4.74. The maximum absolute atomic E-state index is 12.4. The fourth-order valence-electron chi connectivity index (χ4n) is 2.18. The highest BCUT2D eigenvalue weighted by atomic mass is 16.5. The molecule has 0 atom stereocenters. The maximum atomic E-state index is 12.4. The van der Waals surface area contributed by atoms with Crippen LogP contribution in [-0.4, -0.2) is 16.8 Å². The number of fused-ring (bicyclic) bond motifs is 1. The molecular weight excluding hydrogens is 254 g/mol.